The molecule has 1 aromatic rings. The van der Waals surface area contributed by atoms with Crippen LogP contribution in [0.4, 0.5) is 0 Å². The first-order chi connectivity index (χ1) is 9.21. The number of nitrogens with two attached hydrogens (primary N) is 1. The smallest absolute Gasteiger partial charge is 0.0624 e. The summed E-state index contributed by atoms with van der Waals surface area (Å²) in [5.41, 5.74) is 5.58. The number of nitrogens with one attached hydrogen (secondary N) is 1. The van der Waals surface area contributed by atoms with Crippen LogP contribution in [0.25, 0.3) is 0 Å². The van der Waals surface area contributed by atoms with E-state index in [2.05, 4.69) is 23.5 Å². The van der Waals surface area contributed by atoms with Gasteiger partial charge in [-0.25, -0.2) is 0 Å². The Kier molecular flexibility index (Phi) is 3.63. The molecule has 4 unspecified atom stereocenters. The number of hydrazine groups is 1. The van der Waals surface area contributed by atoms with E-state index in [0.717, 1.165) is 30.6 Å². The fraction of sp³-hybridized carbons (Fsp3) is 0.800. The van der Waals surface area contributed by atoms with Crippen molar-refractivity contribution in [1.82, 2.24) is 15.2 Å². The summed E-state index contributed by atoms with van der Waals surface area (Å²) in [6.07, 6.45) is 7.69. The number of aromatic nitrogens is 2. The predicted molar refractivity (Wildman–Crippen MR) is 76.3 cm³/mol. The third-order valence-electron chi connectivity index (χ3n) is 5.34. The molecule has 106 valence electrons. The highest BCUT2D eigenvalue weighted by Gasteiger charge is 2.42. The molecule has 2 saturated carbocycles. The highest BCUT2D eigenvalue weighted by Crippen LogP contribution is 2.49. The normalized spacial score (nSPS) is 31.0. The number of hydrogen-bond acceptors (Lipinski definition) is 3. The predicted octanol–water partition coefficient (Wildman–Crippen LogP) is 1.79. The summed E-state index contributed by atoms with van der Waals surface area (Å²) in [5, 5.41) is 4.54. The zero-order valence-electron chi connectivity index (χ0n) is 12.1. The van der Waals surface area contributed by atoms with Crippen LogP contribution in [0.15, 0.2) is 6.07 Å². The quantitative estimate of drug-likeness (QED) is 0.628. The van der Waals surface area contributed by atoms with Gasteiger partial charge in [-0.15, -0.1) is 0 Å². The lowest BCUT2D eigenvalue weighted by atomic mass is 9.82. The minimum atomic E-state index is 0.412. The van der Waals surface area contributed by atoms with Crippen LogP contribution in [-0.2, 0) is 19.9 Å². The van der Waals surface area contributed by atoms with Gasteiger partial charge in [0, 0.05) is 25.2 Å². The number of fused-ring (bicyclic) bond motifs is 2. The number of aryl methyl sites for hydroxylation is 2. The second-order valence-electron chi connectivity index (χ2n) is 6.42. The molecular weight excluding hydrogens is 236 g/mol. The van der Waals surface area contributed by atoms with Crippen molar-refractivity contribution in [2.24, 2.45) is 30.6 Å². The Morgan fingerprint density at radius 2 is 2.32 bits per heavy atom. The van der Waals surface area contributed by atoms with E-state index in [9.17, 15) is 0 Å². The molecule has 1 heterocycles. The first-order valence-electron chi connectivity index (χ1n) is 7.69. The van der Waals surface area contributed by atoms with Crippen molar-refractivity contribution >= 4 is 0 Å². The molecule has 2 fully saturated rings. The summed E-state index contributed by atoms with van der Waals surface area (Å²) >= 11 is 0. The molecule has 0 aromatic carbocycles. The van der Waals surface area contributed by atoms with Crippen molar-refractivity contribution in [3.05, 3.63) is 17.5 Å². The molecule has 4 nitrogen and oxygen atoms in total. The summed E-state index contributed by atoms with van der Waals surface area (Å²) in [5.74, 6) is 8.49. The minimum Gasteiger partial charge on any atom is -0.272 e. The molecule has 19 heavy (non-hydrogen) atoms. The van der Waals surface area contributed by atoms with Gasteiger partial charge in [0.2, 0.25) is 0 Å². The molecule has 2 aliphatic carbocycles. The van der Waals surface area contributed by atoms with Crippen LogP contribution in [-0.4, -0.2) is 15.8 Å². The van der Waals surface area contributed by atoms with Crippen LogP contribution in [0.3, 0.4) is 0 Å². The van der Waals surface area contributed by atoms with Crippen LogP contribution in [0.1, 0.15) is 44.0 Å². The Balaban J connectivity index is 1.71. The van der Waals surface area contributed by atoms with Gasteiger partial charge in [0.25, 0.3) is 0 Å². The Morgan fingerprint density at radius 1 is 1.47 bits per heavy atom. The summed E-state index contributed by atoms with van der Waals surface area (Å²) in [6, 6.07) is 2.65. The van der Waals surface area contributed by atoms with E-state index < -0.39 is 0 Å². The molecule has 4 atom stereocenters. The van der Waals surface area contributed by atoms with E-state index >= 15 is 0 Å². The van der Waals surface area contributed by atoms with Gasteiger partial charge in [-0.1, -0.05) is 13.3 Å². The summed E-state index contributed by atoms with van der Waals surface area (Å²) in [4.78, 5) is 0. The zero-order valence-corrected chi connectivity index (χ0v) is 12.1. The maximum atomic E-state index is 5.84. The first-order valence-corrected chi connectivity index (χ1v) is 7.69. The number of nitrogens with zero attached hydrogens (tertiary/aromatic N) is 2. The SMILES string of the molecule is CCc1cc(CC(NN)C2CC3CCC2C3)n(C)n1. The second-order valence-corrected chi connectivity index (χ2v) is 6.42. The van der Waals surface area contributed by atoms with Gasteiger partial charge in [0.15, 0.2) is 0 Å². The van der Waals surface area contributed by atoms with Crippen molar-refractivity contribution in [2.45, 2.75) is 51.5 Å². The van der Waals surface area contributed by atoms with Gasteiger partial charge in [-0.2, -0.15) is 5.10 Å². The maximum absolute atomic E-state index is 5.84. The first kappa shape index (κ1) is 13.1. The lowest BCUT2D eigenvalue weighted by Gasteiger charge is -2.30. The second kappa shape index (κ2) is 5.25. The highest BCUT2D eigenvalue weighted by atomic mass is 15.3. The summed E-state index contributed by atoms with van der Waals surface area (Å²) in [6.45, 7) is 2.15. The molecule has 0 saturated heterocycles. The zero-order chi connectivity index (χ0) is 13.4. The van der Waals surface area contributed by atoms with Gasteiger partial charge in [0.05, 0.1) is 5.69 Å². The van der Waals surface area contributed by atoms with Crippen molar-refractivity contribution in [3.63, 3.8) is 0 Å². The maximum Gasteiger partial charge on any atom is 0.0624 e. The van der Waals surface area contributed by atoms with Crippen molar-refractivity contribution in [3.8, 4) is 0 Å². The molecule has 3 N–H and O–H groups in total. The van der Waals surface area contributed by atoms with Gasteiger partial charge >= 0.3 is 0 Å². The molecule has 4 heteroatoms. The average Bonchev–Trinajstić information content (AvgIpc) is 3.11. The third-order valence-corrected chi connectivity index (χ3v) is 5.34. The van der Waals surface area contributed by atoms with Crippen molar-refractivity contribution in [2.75, 3.05) is 0 Å². The van der Waals surface area contributed by atoms with Crippen LogP contribution in [0.2, 0.25) is 0 Å². The van der Waals surface area contributed by atoms with E-state index in [1.807, 2.05) is 11.7 Å². The molecule has 2 bridgehead atoms. The molecule has 1 aromatic heterocycles. The lowest BCUT2D eigenvalue weighted by molar-refractivity contribution is 0.246. The molecule has 0 amide bonds. The molecular formula is C15H26N4. The van der Waals surface area contributed by atoms with Crippen LogP contribution < -0.4 is 11.3 Å². The van der Waals surface area contributed by atoms with Crippen LogP contribution >= 0.6 is 0 Å². The molecule has 0 spiro atoms. The van der Waals surface area contributed by atoms with Gasteiger partial charge in [0.1, 0.15) is 0 Å². The fourth-order valence-electron chi connectivity index (χ4n) is 4.28. The van der Waals surface area contributed by atoms with Crippen molar-refractivity contribution < 1.29 is 0 Å². The standard InChI is InChI=1S/C15H26N4/c1-3-12-8-13(19(2)18-12)9-15(17-16)14-7-10-4-5-11(14)6-10/h8,10-11,14-15,17H,3-7,9,16H2,1-2H3. The molecule has 3 rings (SSSR count). The van der Waals surface area contributed by atoms with Crippen LogP contribution in [0, 0.1) is 17.8 Å². The number of hydrogen-bond donors (Lipinski definition) is 2. The largest absolute Gasteiger partial charge is 0.272 e. The Morgan fingerprint density at radius 3 is 2.84 bits per heavy atom. The van der Waals surface area contributed by atoms with Gasteiger partial charge in [-0.3, -0.25) is 16.0 Å². The van der Waals surface area contributed by atoms with Crippen LogP contribution in [0.5, 0.6) is 0 Å². The lowest BCUT2D eigenvalue weighted by Crippen LogP contribution is -2.44. The molecule has 0 radical (unpaired) electrons. The number of rotatable bonds is 5. The van der Waals surface area contributed by atoms with E-state index in [0.29, 0.717) is 6.04 Å². The van der Waals surface area contributed by atoms with E-state index in [1.165, 1.54) is 37.1 Å². The monoisotopic (exact) mass is 262 g/mol. The molecule has 0 aliphatic heterocycles. The fourth-order valence-corrected chi connectivity index (χ4v) is 4.28. The topological polar surface area (TPSA) is 55.9 Å². The van der Waals surface area contributed by atoms with E-state index in [4.69, 9.17) is 5.84 Å². The summed E-state index contributed by atoms with van der Waals surface area (Å²) in [7, 11) is 2.04. The Hall–Kier alpha value is -0.870. The summed E-state index contributed by atoms with van der Waals surface area (Å²) < 4.78 is 2.02. The Bertz CT molecular complexity index is 439. The third kappa shape index (κ3) is 2.43. The van der Waals surface area contributed by atoms with E-state index in [-0.39, 0.29) is 0 Å². The highest BCUT2D eigenvalue weighted by molar-refractivity contribution is 5.12. The Labute approximate surface area is 115 Å². The van der Waals surface area contributed by atoms with E-state index in [1.54, 1.807) is 0 Å². The minimum absolute atomic E-state index is 0.412. The molecule has 2 aliphatic rings. The van der Waals surface area contributed by atoms with Crippen molar-refractivity contribution in [1.29, 1.82) is 0 Å². The van der Waals surface area contributed by atoms with Gasteiger partial charge < -0.3 is 0 Å². The average molecular weight is 262 g/mol. The van der Waals surface area contributed by atoms with Gasteiger partial charge in [-0.05, 0) is 49.5 Å².